The predicted molar refractivity (Wildman–Crippen MR) is 43.1 cm³/mol. The van der Waals surface area contributed by atoms with Crippen molar-refractivity contribution < 1.29 is 4.74 Å². The van der Waals surface area contributed by atoms with Crippen LogP contribution in [0.2, 0.25) is 0 Å². The van der Waals surface area contributed by atoms with Gasteiger partial charge in [0.2, 0.25) is 11.1 Å². The third-order valence-corrected chi connectivity index (χ3v) is 1.68. The Morgan fingerprint density at radius 2 is 2.55 bits per heavy atom. The van der Waals surface area contributed by atoms with E-state index in [1.807, 2.05) is 6.92 Å². The molecule has 0 spiro atoms. The molecule has 0 aliphatic carbocycles. The van der Waals surface area contributed by atoms with Crippen LogP contribution in [0.3, 0.4) is 0 Å². The van der Waals surface area contributed by atoms with Gasteiger partial charge in [-0.15, -0.1) is 5.10 Å². The number of nitrogen functional groups attached to an aromatic ring is 1. The highest BCUT2D eigenvalue weighted by atomic mass is 32.2. The second kappa shape index (κ2) is 4.20. The Kier molecular flexibility index (Phi) is 3.18. The van der Waals surface area contributed by atoms with Crippen molar-refractivity contribution in [1.82, 2.24) is 15.2 Å². The molecule has 0 radical (unpaired) electrons. The Labute approximate surface area is 68.7 Å². The number of ether oxygens (including phenoxy) is 1. The van der Waals surface area contributed by atoms with Crippen LogP contribution in [0.4, 0.5) is 5.95 Å². The minimum Gasteiger partial charge on any atom is -0.371 e. The highest BCUT2D eigenvalue weighted by molar-refractivity contribution is 7.99. The molecule has 3 N–H and O–H groups in total. The van der Waals surface area contributed by atoms with Crippen molar-refractivity contribution in [2.24, 2.45) is 0 Å². The number of nitrogens with zero attached hydrogens (tertiary/aromatic N) is 2. The fraction of sp³-hybridized carbons (Fsp3) is 0.600. The van der Waals surface area contributed by atoms with E-state index in [4.69, 9.17) is 10.5 Å². The molecule has 0 amide bonds. The zero-order valence-electron chi connectivity index (χ0n) is 6.20. The monoisotopic (exact) mass is 174 g/mol. The summed E-state index contributed by atoms with van der Waals surface area (Å²) in [7, 11) is 0. The summed E-state index contributed by atoms with van der Waals surface area (Å²) in [4.78, 5) is 3.88. The molecule has 11 heavy (non-hydrogen) atoms. The van der Waals surface area contributed by atoms with Gasteiger partial charge in [0.05, 0.1) is 5.94 Å². The molecule has 0 aliphatic rings. The fourth-order valence-electron chi connectivity index (χ4n) is 0.500. The number of nitrogens with two attached hydrogens (primary N) is 1. The molecule has 1 rings (SSSR count). The van der Waals surface area contributed by atoms with Crippen LogP contribution in [-0.2, 0) is 4.74 Å². The number of thioether (sulfide) groups is 1. The molecule has 5 nitrogen and oxygen atoms in total. The SMILES string of the molecule is CCOCSc1n[nH]c(N)n1. The maximum Gasteiger partial charge on any atom is 0.216 e. The van der Waals surface area contributed by atoms with Crippen molar-refractivity contribution in [1.29, 1.82) is 0 Å². The first-order chi connectivity index (χ1) is 5.33. The highest BCUT2D eigenvalue weighted by Crippen LogP contribution is 2.11. The summed E-state index contributed by atoms with van der Waals surface area (Å²) < 4.78 is 5.07. The first-order valence-corrected chi connectivity index (χ1v) is 4.20. The number of hydrogen-bond acceptors (Lipinski definition) is 5. The van der Waals surface area contributed by atoms with Gasteiger partial charge < -0.3 is 10.5 Å². The molecule has 0 bridgehead atoms. The van der Waals surface area contributed by atoms with E-state index in [0.29, 0.717) is 23.7 Å². The number of anilines is 1. The van der Waals surface area contributed by atoms with E-state index >= 15 is 0 Å². The van der Waals surface area contributed by atoms with Crippen LogP contribution >= 0.6 is 11.8 Å². The molecule has 1 heterocycles. The second-order valence-corrected chi connectivity index (χ2v) is 2.65. The first kappa shape index (κ1) is 8.35. The van der Waals surface area contributed by atoms with Gasteiger partial charge in [0.15, 0.2) is 0 Å². The Balaban J connectivity index is 2.27. The molecular formula is C5H10N4OS. The maximum atomic E-state index is 5.30. The summed E-state index contributed by atoms with van der Waals surface area (Å²) >= 11 is 1.41. The van der Waals surface area contributed by atoms with E-state index in [2.05, 4.69) is 15.2 Å². The third-order valence-electron chi connectivity index (χ3n) is 0.958. The van der Waals surface area contributed by atoms with E-state index in [0.717, 1.165) is 0 Å². The van der Waals surface area contributed by atoms with Gasteiger partial charge in [-0.2, -0.15) is 4.98 Å². The van der Waals surface area contributed by atoms with E-state index in [9.17, 15) is 0 Å². The minimum absolute atomic E-state index is 0.337. The third kappa shape index (κ3) is 2.77. The fourth-order valence-corrected chi connectivity index (χ4v) is 1.13. The average Bonchev–Trinajstić information content (AvgIpc) is 2.37. The first-order valence-electron chi connectivity index (χ1n) is 3.21. The Morgan fingerprint density at radius 3 is 3.09 bits per heavy atom. The summed E-state index contributed by atoms with van der Waals surface area (Å²) in [5.41, 5.74) is 5.30. The molecular weight excluding hydrogens is 164 g/mol. The van der Waals surface area contributed by atoms with Crippen LogP contribution in [0.5, 0.6) is 0 Å². The van der Waals surface area contributed by atoms with Gasteiger partial charge in [-0.1, -0.05) is 11.8 Å². The lowest BCUT2D eigenvalue weighted by Crippen LogP contribution is -1.89. The number of aromatic amines is 1. The molecule has 6 heteroatoms. The molecule has 0 atom stereocenters. The molecule has 0 saturated carbocycles. The zero-order chi connectivity index (χ0) is 8.10. The summed E-state index contributed by atoms with van der Waals surface area (Å²) in [5, 5.41) is 6.97. The summed E-state index contributed by atoms with van der Waals surface area (Å²) in [5.74, 6) is 0.900. The van der Waals surface area contributed by atoms with Crippen molar-refractivity contribution in [2.45, 2.75) is 12.1 Å². The average molecular weight is 174 g/mol. The number of aromatic nitrogens is 3. The molecule has 0 fully saturated rings. The lowest BCUT2D eigenvalue weighted by Gasteiger charge is -1.94. The summed E-state index contributed by atoms with van der Waals surface area (Å²) in [6.45, 7) is 2.64. The van der Waals surface area contributed by atoms with Crippen LogP contribution in [0, 0.1) is 0 Å². The second-order valence-electron chi connectivity index (χ2n) is 1.76. The summed E-state index contributed by atoms with van der Waals surface area (Å²) in [6.07, 6.45) is 0. The van der Waals surface area contributed by atoms with Crippen LogP contribution in [0.15, 0.2) is 5.16 Å². The van der Waals surface area contributed by atoms with E-state index in [1.54, 1.807) is 0 Å². The zero-order valence-corrected chi connectivity index (χ0v) is 7.02. The summed E-state index contributed by atoms with van der Waals surface area (Å²) in [6, 6.07) is 0. The van der Waals surface area contributed by atoms with Gasteiger partial charge in [0, 0.05) is 6.61 Å². The van der Waals surface area contributed by atoms with E-state index < -0.39 is 0 Å². The normalized spacial score (nSPS) is 10.3. The molecule has 1 aromatic rings. The van der Waals surface area contributed by atoms with Gasteiger partial charge in [-0.25, -0.2) is 5.10 Å². The quantitative estimate of drug-likeness (QED) is 0.394. The van der Waals surface area contributed by atoms with Crippen molar-refractivity contribution in [3.8, 4) is 0 Å². The van der Waals surface area contributed by atoms with Crippen molar-refractivity contribution in [3.63, 3.8) is 0 Å². The van der Waals surface area contributed by atoms with Crippen molar-refractivity contribution >= 4 is 17.7 Å². The number of hydrogen-bond donors (Lipinski definition) is 2. The van der Waals surface area contributed by atoms with E-state index in [1.165, 1.54) is 11.8 Å². The molecule has 0 aliphatic heterocycles. The predicted octanol–water partition coefficient (Wildman–Crippen LogP) is 0.473. The van der Waals surface area contributed by atoms with Crippen LogP contribution in [0.25, 0.3) is 0 Å². The van der Waals surface area contributed by atoms with Crippen molar-refractivity contribution in [2.75, 3.05) is 18.3 Å². The number of nitrogens with one attached hydrogen (secondary N) is 1. The van der Waals surface area contributed by atoms with Gasteiger partial charge in [0.1, 0.15) is 0 Å². The standard InChI is InChI=1S/C5H10N4OS/c1-2-10-3-11-5-7-4(6)8-9-5/h2-3H2,1H3,(H3,6,7,8,9). The number of H-pyrrole nitrogens is 1. The molecule has 1 aromatic heterocycles. The highest BCUT2D eigenvalue weighted by Gasteiger charge is 1.98. The van der Waals surface area contributed by atoms with Gasteiger partial charge in [-0.3, -0.25) is 0 Å². The molecule has 0 aromatic carbocycles. The topological polar surface area (TPSA) is 76.8 Å². The minimum atomic E-state index is 0.337. The van der Waals surface area contributed by atoms with Gasteiger partial charge in [0.25, 0.3) is 0 Å². The van der Waals surface area contributed by atoms with Gasteiger partial charge in [-0.05, 0) is 6.92 Å². The van der Waals surface area contributed by atoms with E-state index in [-0.39, 0.29) is 0 Å². The van der Waals surface area contributed by atoms with Crippen molar-refractivity contribution in [3.05, 3.63) is 0 Å². The molecule has 0 saturated heterocycles. The lowest BCUT2D eigenvalue weighted by atomic mass is 10.9. The van der Waals surface area contributed by atoms with Crippen LogP contribution < -0.4 is 5.73 Å². The van der Waals surface area contributed by atoms with Crippen LogP contribution in [-0.4, -0.2) is 27.7 Å². The molecule has 62 valence electrons. The van der Waals surface area contributed by atoms with Crippen LogP contribution in [0.1, 0.15) is 6.92 Å². The largest absolute Gasteiger partial charge is 0.371 e. The smallest absolute Gasteiger partial charge is 0.216 e. The van der Waals surface area contributed by atoms with Gasteiger partial charge >= 0.3 is 0 Å². The Hall–Kier alpha value is -0.750. The number of rotatable bonds is 4. The Morgan fingerprint density at radius 1 is 1.73 bits per heavy atom. The Bertz CT molecular complexity index is 214. The molecule has 0 unspecified atom stereocenters. The lowest BCUT2D eigenvalue weighted by molar-refractivity contribution is 0.199. The maximum absolute atomic E-state index is 5.30.